The van der Waals surface area contributed by atoms with Gasteiger partial charge in [-0.25, -0.2) is 0 Å². The Kier molecular flexibility index (Phi) is 7.33. The second kappa shape index (κ2) is 10.6. The first kappa shape index (κ1) is 23.6. The van der Waals surface area contributed by atoms with Crippen molar-refractivity contribution in [1.82, 2.24) is 10.3 Å². The molecule has 0 spiro atoms. The van der Waals surface area contributed by atoms with Crippen molar-refractivity contribution in [2.45, 2.75) is 26.1 Å². The largest absolute Gasteiger partial charge is 0.493 e. The monoisotopic (exact) mass is 465 g/mol. The topological polar surface area (TPSA) is 46.2 Å². The van der Waals surface area contributed by atoms with Crippen molar-refractivity contribution in [3.8, 4) is 5.75 Å². The molecule has 1 heterocycles. The number of nitrogens with zero attached hydrogens (tertiary/aromatic N) is 1. The van der Waals surface area contributed by atoms with Gasteiger partial charge in [-0.15, -0.1) is 0 Å². The lowest BCUT2D eigenvalue weighted by molar-refractivity contribution is -0.137. The number of halogens is 3. The summed E-state index contributed by atoms with van der Waals surface area (Å²) in [5.41, 5.74) is 3.75. The van der Waals surface area contributed by atoms with Crippen LogP contribution in [-0.2, 0) is 12.7 Å². The molecule has 7 heteroatoms. The van der Waals surface area contributed by atoms with Crippen LogP contribution < -0.4 is 15.4 Å². The molecule has 4 aromatic rings. The van der Waals surface area contributed by atoms with Crippen molar-refractivity contribution in [2.75, 3.05) is 18.5 Å². The van der Waals surface area contributed by atoms with Crippen LogP contribution in [0.25, 0.3) is 10.9 Å². The van der Waals surface area contributed by atoms with Gasteiger partial charge in [-0.3, -0.25) is 4.98 Å². The summed E-state index contributed by atoms with van der Waals surface area (Å²) in [7, 11) is 0. The molecule has 4 rings (SSSR count). The van der Waals surface area contributed by atoms with E-state index >= 15 is 0 Å². The number of rotatable bonds is 9. The van der Waals surface area contributed by atoms with Crippen molar-refractivity contribution in [3.63, 3.8) is 0 Å². The number of pyridine rings is 1. The van der Waals surface area contributed by atoms with E-state index in [2.05, 4.69) is 15.6 Å². The number of anilines is 2. The summed E-state index contributed by atoms with van der Waals surface area (Å²) in [6, 6.07) is 23.1. The van der Waals surface area contributed by atoms with Gasteiger partial charge in [0.1, 0.15) is 5.75 Å². The second-order valence-corrected chi connectivity index (χ2v) is 8.06. The standard InChI is InChI=1S/C27H26F3N3O/c1-19-15-26(24-11-2-3-12-25(24)32-19)33-22-9-5-10-23(17-22)34-14-6-13-31-18-20-7-4-8-21(16-20)27(28,29)30/h2-5,7-12,15-17,31H,6,13-14,18H2,1H3,(H,32,33). The third-order valence-corrected chi connectivity index (χ3v) is 5.31. The zero-order valence-corrected chi connectivity index (χ0v) is 18.8. The zero-order chi connectivity index (χ0) is 24.0. The van der Waals surface area contributed by atoms with E-state index in [0.717, 1.165) is 46.2 Å². The lowest BCUT2D eigenvalue weighted by Crippen LogP contribution is -2.17. The highest BCUT2D eigenvalue weighted by Crippen LogP contribution is 2.30. The molecule has 0 aliphatic rings. The summed E-state index contributed by atoms with van der Waals surface area (Å²) in [5, 5.41) is 7.67. The minimum atomic E-state index is -4.32. The molecule has 0 bridgehead atoms. The van der Waals surface area contributed by atoms with Gasteiger partial charge in [0.2, 0.25) is 0 Å². The number of benzene rings is 3. The van der Waals surface area contributed by atoms with E-state index in [4.69, 9.17) is 4.74 Å². The number of aromatic nitrogens is 1. The maximum atomic E-state index is 12.8. The Morgan fingerprint density at radius 2 is 1.74 bits per heavy atom. The molecule has 0 radical (unpaired) electrons. The number of hydrogen-bond donors (Lipinski definition) is 2. The van der Waals surface area contributed by atoms with Crippen LogP contribution in [0.1, 0.15) is 23.2 Å². The number of hydrogen-bond acceptors (Lipinski definition) is 4. The molecule has 0 aliphatic heterocycles. The van der Waals surface area contributed by atoms with E-state index in [9.17, 15) is 13.2 Å². The van der Waals surface area contributed by atoms with Crippen LogP contribution >= 0.6 is 0 Å². The average Bonchev–Trinajstić information content (AvgIpc) is 2.81. The van der Waals surface area contributed by atoms with E-state index in [-0.39, 0.29) is 0 Å². The van der Waals surface area contributed by atoms with Crippen LogP contribution in [0, 0.1) is 6.92 Å². The SMILES string of the molecule is Cc1cc(Nc2cccc(OCCCNCc3cccc(C(F)(F)F)c3)c2)c2ccccc2n1. The third kappa shape index (κ3) is 6.26. The molecule has 34 heavy (non-hydrogen) atoms. The van der Waals surface area contributed by atoms with E-state index in [1.165, 1.54) is 12.1 Å². The average molecular weight is 466 g/mol. The maximum absolute atomic E-state index is 12.8. The molecule has 0 saturated heterocycles. The summed E-state index contributed by atoms with van der Waals surface area (Å²) in [6.07, 6.45) is -3.60. The summed E-state index contributed by atoms with van der Waals surface area (Å²) in [6.45, 7) is 3.48. The van der Waals surface area contributed by atoms with Gasteiger partial charge < -0.3 is 15.4 Å². The number of fused-ring (bicyclic) bond motifs is 1. The van der Waals surface area contributed by atoms with E-state index in [0.29, 0.717) is 25.3 Å². The van der Waals surface area contributed by atoms with Gasteiger partial charge in [0.15, 0.2) is 0 Å². The number of aryl methyl sites for hydroxylation is 1. The lowest BCUT2D eigenvalue weighted by Gasteiger charge is -2.13. The molecule has 2 N–H and O–H groups in total. The summed E-state index contributed by atoms with van der Waals surface area (Å²) in [5.74, 6) is 0.748. The van der Waals surface area contributed by atoms with Crippen LogP contribution in [0.2, 0.25) is 0 Å². The van der Waals surface area contributed by atoms with E-state index in [1.807, 2.05) is 61.5 Å². The molecule has 0 fully saturated rings. The Morgan fingerprint density at radius 1 is 0.912 bits per heavy atom. The highest BCUT2D eigenvalue weighted by molar-refractivity contribution is 5.93. The normalized spacial score (nSPS) is 11.5. The van der Waals surface area contributed by atoms with Gasteiger partial charge in [0, 0.05) is 35.1 Å². The van der Waals surface area contributed by atoms with Gasteiger partial charge in [-0.05, 0) is 55.8 Å². The number of para-hydroxylation sites is 1. The Morgan fingerprint density at radius 3 is 2.59 bits per heavy atom. The molecular weight excluding hydrogens is 439 g/mol. The molecule has 1 aromatic heterocycles. The van der Waals surface area contributed by atoms with Gasteiger partial charge >= 0.3 is 6.18 Å². The minimum Gasteiger partial charge on any atom is -0.493 e. The Hall–Kier alpha value is -3.58. The first-order valence-electron chi connectivity index (χ1n) is 11.1. The Balaban J connectivity index is 1.26. The van der Waals surface area contributed by atoms with E-state index < -0.39 is 11.7 Å². The van der Waals surface area contributed by atoms with Crippen LogP contribution in [0.15, 0.2) is 78.9 Å². The molecule has 0 amide bonds. The molecule has 0 aliphatic carbocycles. The van der Waals surface area contributed by atoms with Crippen molar-refractivity contribution in [3.05, 3.63) is 95.7 Å². The van der Waals surface area contributed by atoms with Crippen LogP contribution in [0.4, 0.5) is 24.5 Å². The smallest absolute Gasteiger partial charge is 0.416 e. The van der Waals surface area contributed by atoms with Crippen LogP contribution in [-0.4, -0.2) is 18.1 Å². The fraction of sp³-hybridized carbons (Fsp3) is 0.222. The third-order valence-electron chi connectivity index (χ3n) is 5.31. The van der Waals surface area contributed by atoms with Gasteiger partial charge in [-0.2, -0.15) is 13.2 Å². The van der Waals surface area contributed by atoms with Gasteiger partial charge in [0.05, 0.1) is 17.7 Å². The molecule has 0 saturated carbocycles. The zero-order valence-electron chi connectivity index (χ0n) is 18.8. The summed E-state index contributed by atoms with van der Waals surface area (Å²) in [4.78, 5) is 4.57. The van der Waals surface area contributed by atoms with Crippen molar-refractivity contribution >= 4 is 22.3 Å². The minimum absolute atomic E-state index is 0.378. The van der Waals surface area contributed by atoms with E-state index in [1.54, 1.807) is 6.07 Å². The highest BCUT2D eigenvalue weighted by Gasteiger charge is 2.30. The predicted molar refractivity (Wildman–Crippen MR) is 129 cm³/mol. The number of nitrogens with one attached hydrogen (secondary N) is 2. The quantitative estimate of drug-likeness (QED) is 0.265. The molecule has 4 nitrogen and oxygen atoms in total. The lowest BCUT2D eigenvalue weighted by atomic mass is 10.1. The fourth-order valence-corrected chi connectivity index (χ4v) is 3.71. The van der Waals surface area contributed by atoms with Gasteiger partial charge in [0.25, 0.3) is 0 Å². The van der Waals surface area contributed by atoms with Crippen molar-refractivity contribution < 1.29 is 17.9 Å². The summed E-state index contributed by atoms with van der Waals surface area (Å²) < 4.78 is 44.3. The Labute approximate surface area is 196 Å². The second-order valence-electron chi connectivity index (χ2n) is 8.06. The maximum Gasteiger partial charge on any atom is 0.416 e. The number of ether oxygens (including phenoxy) is 1. The number of alkyl halides is 3. The van der Waals surface area contributed by atoms with Gasteiger partial charge in [-0.1, -0.05) is 42.5 Å². The fourth-order valence-electron chi connectivity index (χ4n) is 3.71. The van der Waals surface area contributed by atoms with Crippen molar-refractivity contribution in [2.24, 2.45) is 0 Å². The molecule has 3 aromatic carbocycles. The predicted octanol–water partition coefficient (Wildman–Crippen LogP) is 6.86. The Bertz CT molecular complexity index is 1260. The first-order valence-corrected chi connectivity index (χ1v) is 11.1. The first-order chi connectivity index (χ1) is 16.4. The summed E-state index contributed by atoms with van der Waals surface area (Å²) >= 11 is 0. The van der Waals surface area contributed by atoms with Crippen LogP contribution in [0.5, 0.6) is 5.75 Å². The van der Waals surface area contributed by atoms with Crippen LogP contribution in [0.3, 0.4) is 0 Å². The molecular formula is C27H26F3N3O. The van der Waals surface area contributed by atoms with Crippen molar-refractivity contribution in [1.29, 1.82) is 0 Å². The highest BCUT2D eigenvalue weighted by atomic mass is 19.4. The molecule has 176 valence electrons. The molecule has 0 atom stereocenters. The molecule has 0 unspecified atom stereocenters.